The summed E-state index contributed by atoms with van der Waals surface area (Å²) in [5, 5.41) is 3.20. The van der Waals surface area contributed by atoms with Crippen molar-refractivity contribution >= 4 is 17.8 Å². The molecule has 8 nitrogen and oxygen atoms in total. The van der Waals surface area contributed by atoms with Gasteiger partial charge in [0.05, 0.1) is 24.5 Å². The number of aryl methyl sites for hydroxylation is 2. The van der Waals surface area contributed by atoms with Gasteiger partial charge in [0.2, 0.25) is 11.8 Å². The molecule has 0 saturated carbocycles. The van der Waals surface area contributed by atoms with Gasteiger partial charge in [-0.05, 0) is 19.9 Å². The standard InChI is InChI=1S/C16H18N4O4/c1-7-6-8(2)18-12(17-7)11-9-10(14(22)20(3)13(9)21)16(19-11)4-5-24-15(16)23/h6,9-11,19H,4-5H2,1-3H3/t9-,10-,11+,16-/m0/s1. The summed E-state index contributed by atoms with van der Waals surface area (Å²) < 4.78 is 5.12. The van der Waals surface area contributed by atoms with E-state index in [4.69, 9.17) is 4.74 Å². The maximum absolute atomic E-state index is 12.7. The van der Waals surface area contributed by atoms with Crippen LogP contribution in [0.4, 0.5) is 0 Å². The average molecular weight is 330 g/mol. The van der Waals surface area contributed by atoms with E-state index in [1.54, 1.807) is 0 Å². The van der Waals surface area contributed by atoms with E-state index in [0.29, 0.717) is 12.2 Å². The van der Waals surface area contributed by atoms with Gasteiger partial charge in [-0.3, -0.25) is 24.6 Å². The Balaban J connectivity index is 1.86. The van der Waals surface area contributed by atoms with Gasteiger partial charge in [0, 0.05) is 24.9 Å². The number of nitrogens with zero attached hydrogens (tertiary/aromatic N) is 3. The van der Waals surface area contributed by atoms with Crippen molar-refractivity contribution in [2.45, 2.75) is 31.8 Å². The maximum atomic E-state index is 12.7. The molecule has 3 aliphatic rings. The molecule has 1 aromatic rings. The van der Waals surface area contributed by atoms with Crippen molar-refractivity contribution < 1.29 is 19.1 Å². The number of imide groups is 1. The van der Waals surface area contributed by atoms with Crippen LogP contribution in [-0.4, -0.2) is 51.8 Å². The van der Waals surface area contributed by atoms with Crippen molar-refractivity contribution in [2.24, 2.45) is 11.8 Å². The number of carbonyl (C=O) groups is 3. The van der Waals surface area contributed by atoms with Crippen LogP contribution >= 0.6 is 0 Å². The van der Waals surface area contributed by atoms with E-state index in [2.05, 4.69) is 15.3 Å². The molecule has 126 valence electrons. The maximum Gasteiger partial charge on any atom is 0.327 e. The van der Waals surface area contributed by atoms with E-state index in [9.17, 15) is 14.4 Å². The zero-order chi connectivity index (χ0) is 17.2. The molecular weight excluding hydrogens is 312 g/mol. The number of fused-ring (bicyclic) bond motifs is 2. The molecule has 3 saturated heterocycles. The number of esters is 1. The summed E-state index contributed by atoms with van der Waals surface area (Å²) in [6.07, 6.45) is 0.362. The van der Waals surface area contributed by atoms with Crippen molar-refractivity contribution in [3.63, 3.8) is 0 Å². The summed E-state index contributed by atoms with van der Waals surface area (Å²) in [4.78, 5) is 47.7. The second-order valence-corrected chi connectivity index (χ2v) is 6.73. The van der Waals surface area contributed by atoms with Crippen molar-refractivity contribution in [3.05, 3.63) is 23.3 Å². The van der Waals surface area contributed by atoms with Crippen LogP contribution in [0.1, 0.15) is 29.7 Å². The van der Waals surface area contributed by atoms with E-state index in [-0.39, 0.29) is 18.4 Å². The predicted octanol–water partition coefficient (Wildman–Crippen LogP) is -0.346. The Morgan fingerprint density at radius 3 is 2.46 bits per heavy atom. The highest BCUT2D eigenvalue weighted by molar-refractivity contribution is 6.09. The molecule has 0 aromatic carbocycles. The van der Waals surface area contributed by atoms with Crippen LogP contribution in [0.5, 0.6) is 0 Å². The predicted molar refractivity (Wildman–Crippen MR) is 80.4 cm³/mol. The highest BCUT2D eigenvalue weighted by Gasteiger charge is 2.70. The van der Waals surface area contributed by atoms with Gasteiger partial charge in [-0.2, -0.15) is 0 Å². The normalized spacial score (nSPS) is 35.0. The number of aromatic nitrogens is 2. The smallest absolute Gasteiger partial charge is 0.327 e. The lowest BCUT2D eigenvalue weighted by atomic mass is 9.79. The quantitative estimate of drug-likeness (QED) is 0.555. The van der Waals surface area contributed by atoms with Crippen LogP contribution in [0.25, 0.3) is 0 Å². The number of rotatable bonds is 1. The molecule has 24 heavy (non-hydrogen) atoms. The van der Waals surface area contributed by atoms with Crippen LogP contribution in [0.15, 0.2) is 6.07 Å². The minimum Gasteiger partial charge on any atom is -0.464 e. The SMILES string of the molecule is Cc1cc(C)nc([C@@H]2N[C@@]3(CCOC3=O)[C@@H]3C(=O)N(C)C(=O)[C@@H]32)n1. The summed E-state index contributed by atoms with van der Waals surface area (Å²) >= 11 is 0. The first kappa shape index (κ1) is 15.2. The highest BCUT2D eigenvalue weighted by Crippen LogP contribution is 2.50. The Bertz CT molecular complexity index is 759. The van der Waals surface area contributed by atoms with Crippen LogP contribution in [0, 0.1) is 25.7 Å². The second-order valence-electron chi connectivity index (χ2n) is 6.73. The summed E-state index contributed by atoms with van der Waals surface area (Å²) in [6, 6.07) is 1.25. The number of hydrogen-bond donors (Lipinski definition) is 1. The van der Waals surface area contributed by atoms with E-state index in [0.717, 1.165) is 16.3 Å². The number of ether oxygens (including phenoxy) is 1. The third kappa shape index (κ3) is 1.80. The molecular formula is C16H18N4O4. The first-order valence-corrected chi connectivity index (χ1v) is 7.93. The van der Waals surface area contributed by atoms with Crippen LogP contribution in [0.3, 0.4) is 0 Å². The minimum absolute atomic E-state index is 0.237. The Labute approximate surface area is 138 Å². The monoisotopic (exact) mass is 330 g/mol. The van der Waals surface area contributed by atoms with Gasteiger partial charge in [-0.15, -0.1) is 0 Å². The number of carbonyl (C=O) groups excluding carboxylic acids is 3. The Kier molecular flexibility index (Phi) is 3.05. The van der Waals surface area contributed by atoms with Crippen molar-refractivity contribution in [1.29, 1.82) is 0 Å². The molecule has 8 heteroatoms. The van der Waals surface area contributed by atoms with Crippen LogP contribution < -0.4 is 5.32 Å². The zero-order valence-corrected chi connectivity index (χ0v) is 13.7. The van der Waals surface area contributed by atoms with Crippen LogP contribution in [-0.2, 0) is 19.1 Å². The third-order valence-electron chi connectivity index (χ3n) is 5.25. The molecule has 3 aliphatic heterocycles. The molecule has 0 unspecified atom stereocenters. The topological polar surface area (TPSA) is 101 Å². The van der Waals surface area contributed by atoms with Gasteiger partial charge >= 0.3 is 5.97 Å². The number of likely N-dealkylation sites (tertiary alicyclic amines) is 1. The van der Waals surface area contributed by atoms with E-state index in [1.165, 1.54) is 7.05 Å². The fourth-order valence-corrected chi connectivity index (χ4v) is 4.21. The molecule has 0 radical (unpaired) electrons. The molecule has 0 bridgehead atoms. The van der Waals surface area contributed by atoms with Crippen molar-refractivity contribution in [2.75, 3.05) is 13.7 Å². The van der Waals surface area contributed by atoms with Crippen molar-refractivity contribution in [1.82, 2.24) is 20.2 Å². The van der Waals surface area contributed by atoms with E-state index >= 15 is 0 Å². The molecule has 4 atom stereocenters. The van der Waals surface area contributed by atoms with Gasteiger partial charge in [0.25, 0.3) is 0 Å². The van der Waals surface area contributed by atoms with Gasteiger partial charge in [-0.1, -0.05) is 0 Å². The number of amides is 2. The largest absolute Gasteiger partial charge is 0.464 e. The molecule has 4 rings (SSSR count). The molecule has 1 aromatic heterocycles. The number of cyclic esters (lactones) is 1. The Hall–Kier alpha value is -2.35. The van der Waals surface area contributed by atoms with Gasteiger partial charge < -0.3 is 4.74 Å². The summed E-state index contributed by atoms with van der Waals surface area (Å²) in [5.41, 5.74) is 0.389. The van der Waals surface area contributed by atoms with Gasteiger partial charge in [0.15, 0.2) is 0 Å². The average Bonchev–Trinajstić information content (AvgIpc) is 3.12. The van der Waals surface area contributed by atoms with Gasteiger partial charge in [-0.25, -0.2) is 9.97 Å². The molecule has 1 spiro atoms. The number of hydrogen-bond acceptors (Lipinski definition) is 7. The first-order chi connectivity index (χ1) is 11.3. The lowest BCUT2D eigenvalue weighted by Crippen LogP contribution is -2.53. The third-order valence-corrected chi connectivity index (χ3v) is 5.25. The van der Waals surface area contributed by atoms with Crippen molar-refractivity contribution in [3.8, 4) is 0 Å². The molecule has 1 N–H and O–H groups in total. The summed E-state index contributed by atoms with van der Waals surface area (Å²) in [5.74, 6) is -2.13. The lowest BCUT2D eigenvalue weighted by molar-refractivity contribution is -0.148. The van der Waals surface area contributed by atoms with E-state index in [1.807, 2.05) is 19.9 Å². The fraction of sp³-hybridized carbons (Fsp3) is 0.562. The van der Waals surface area contributed by atoms with Crippen LogP contribution in [0.2, 0.25) is 0 Å². The summed E-state index contributed by atoms with van der Waals surface area (Å²) in [7, 11) is 1.45. The summed E-state index contributed by atoms with van der Waals surface area (Å²) in [6.45, 7) is 3.93. The lowest BCUT2D eigenvalue weighted by Gasteiger charge is -2.25. The van der Waals surface area contributed by atoms with Gasteiger partial charge in [0.1, 0.15) is 11.4 Å². The van der Waals surface area contributed by atoms with E-state index < -0.39 is 29.4 Å². The molecule has 4 heterocycles. The zero-order valence-electron chi connectivity index (χ0n) is 13.7. The Morgan fingerprint density at radius 1 is 1.21 bits per heavy atom. The molecule has 0 aliphatic carbocycles. The molecule has 3 fully saturated rings. The Morgan fingerprint density at radius 2 is 1.88 bits per heavy atom. The fourth-order valence-electron chi connectivity index (χ4n) is 4.21. The highest BCUT2D eigenvalue weighted by atomic mass is 16.5. The molecule has 2 amide bonds. The first-order valence-electron chi connectivity index (χ1n) is 7.93. The minimum atomic E-state index is -1.16. The second kappa shape index (κ2) is 4.83. The number of nitrogens with one attached hydrogen (secondary N) is 1.